The number of hydrogen-bond donors (Lipinski definition) is 2. The van der Waals surface area contributed by atoms with Gasteiger partial charge in [-0.1, -0.05) is 24.3 Å². The zero-order chi connectivity index (χ0) is 25.1. The number of nitrogens with one attached hydrogen (secondary N) is 2. The monoisotopic (exact) mass is 478 g/mol. The summed E-state index contributed by atoms with van der Waals surface area (Å²) in [6, 6.07) is 9.17. The lowest BCUT2D eigenvalue weighted by Gasteiger charge is -2.08. The zero-order valence-electron chi connectivity index (χ0n) is 19.5. The van der Waals surface area contributed by atoms with E-state index < -0.39 is 23.1 Å². The third-order valence-corrected chi connectivity index (χ3v) is 5.72. The minimum Gasteiger partial charge on any atom is -0.357 e. The van der Waals surface area contributed by atoms with E-state index in [-0.39, 0.29) is 18.7 Å². The first-order valence-electron chi connectivity index (χ1n) is 10.9. The third kappa shape index (κ3) is 4.96. The van der Waals surface area contributed by atoms with Crippen LogP contribution in [0, 0.1) is 18.6 Å². The van der Waals surface area contributed by atoms with Gasteiger partial charge in [0.2, 0.25) is 5.95 Å². The Morgan fingerprint density at radius 3 is 2.69 bits per heavy atom. The number of anilines is 1. The Bertz CT molecular complexity index is 1510. The second-order valence-corrected chi connectivity index (χ2v) is 7.97. The average Bonchev–Trinajstić information content (AvgIpc) is 3.06. The van der Waals surface area contributed by atoms with E-state index in [0.717, 1.165) is 28.6 Å². The summed E-state index contributed by atoms with van der Waals surface area (Å²) < 4.78 is 29.6. The Labute approximate surface area is 199 Å². The van der Waals surface area contributed by atoms with Gasteiger partial charge in [0, 0.05) is 37.9 Å². The third-order valence-electron chi connectivity index (χ3n) is 5.72. The lowest BCUT2D eigenvalue weighted by atomic mass is 10.1. The number of fused-ring (bicyclic) bond motifs is 1. The van der Waals surface area contributed by atoms with Crippen molar-refractivity contribution >= 4 is 28.8 Å². The molecule has 0 saturated carbocycles. The summed E-state index contributed by atoms with van der Waals surface area (Å²) in [5.74, 6) is -1.92. The molecule has 180 valence electrons. The number of aromatic nitrogens is 4. The molecule has 0 radical (unpaired) electrons. The molecule has 4 rings (SSSR count). The molecule has 2 N–H and O–H groups in total. The fraction of sp³-hybridized carbons (Fsp3) is 0.200. The van der Waals surface area contributed by atoms with E-state index in [1.165, 1.54) is 15.4 Å². The van der Waals surface area contributed by atoms with Crippen LogP contribution in [-0.4, -0.2) is 38.8 Å². The second-order valence-electron chi connectivity index (χ2n) is 7.97. The molecule has 0 bridgehead atoms. The fourth-order valence-electron chi connectivity index (χ4n) is 3.72. The van der Waals surface area contributed by atoms with Gasteiger partial charge in [-0.3, -0.25) is 14.3 Å². The van der Waals surface area contributed by atoms with Crippen molar-refractivity contribution in [3.8, 4) is 0 Å². The zero-order valence-corrected chi connectivity index (χ0v) is 19.5. The Morgan fingerprint density at radius 1 is 1.14 bits per heavy atom. The largest absolute Gasteiger partial charge is 0.357 e. The van der Waals surface area contributed by atoms with Crippen molar-refractivity contribution < 1.29 is 13.6 Å². The molecule has 2 aromatic carbocycles. The quantitative estimate of drug-likeness (QED) is 0.425. The lowest BCUT2D eigenvalue weighted by Crippen LogP contribution is -2.31. The van der Waals surface area contributed by atoms with E-state index in [1.54, 1.807) is 33.3 Å². The number of carbonyl (C=O) groups excluding carboxylic acids is 1. The molecule has 0 saturated heterocycles. The summed E-state index contributed by atoms with van der Waals surface area (Å²) >= 11 is 0. The molecule has 35 heavy (non-hydrogen) atoms. The predicted octanol–water partition coefficient (Wildman–Crippen LogP) is 3.25. The maximum atomic E-state index is 13.6. The van der Waals surface area contributed by atoms with E-state index in [9.17, 15) is 18.4 Å². The molecule has 0 fully saturated rings. The first-order valence-corrected chi connectivity index (χ1v) is 10.9. The molecular formula is C25H24F2N6O2. The molecule has 4 aromatic rings. The molecule has 8 nitrogen and oxygen atoms in total. The predicted molar refractivity (Wildman–Crippen MR) is 130 cm³/mol. The first-order chi connectivity index (χ1) is 16.8. The Balaban J connectivity index is 1.45. The lowest BCUT2D eigenvalue weighted by molar-refractivity contribution is 0.0956. The van der Waals surface area contributed by atoms with Crippen LogP contribution in [0.1, 0.15) is 27.2 Å². The normalized spacial score (nSPS) is 11.3. The number of carbonyl (C=O) groups is 1. The minimum absolute atomic E-state index is 0.00203. The molecule has 0 spiro atoms. The van der Waals surface area contributed by atoms with Crippen molar-refractivity contribution in [1.29, 1.82) is 0 Å². The molecule has 0 aliphatic rings. The average molecular weight is 479 g/mol. The van der Waals surface area contributed by atoms with Crippen LogP contribution in [-0.2, 0) is 13.6 Å². The molecule has 0 aliphatic carbocycles. The van der Waals surface area contributed by atoms with Crippen LogP contribution in [0.3, 0.4) is 0 Å². The highest BCUT2D eigenvalue weighted by molar-refractivity contribution is 5.95. The van der Waals surface area contributed by atoms with Crippen molar-refractivity contribution in [3.63, 3.8) is 0 Å². The number of rotatable bonds is 7. The highest BCUT2D eigenvalue weighted by atomic mass is 19.2. The smallest absolute Gasteiger partial charge is 0.280 e. The maximum Gasteiger partial charge on any atom is 0.280 e. The summed E-state index contributed by atoms with van der Waals surface area (Å²) in [7, 11) is 3.39. The van der Waals surface area contributed by atoms with E-state index in [4.69, 9.17) is 0 Å². The molecular weight excluding hydrogens is 454 g/mol. The standard InChI is InChI=1S/C25H24F2N6O2/c1-15-22(24(35)33(32(15)3)14-17-6-8-19(26)20(27)12-17)23(34)29-10-4-5-16-7-9-21-18(11-16)13-30-25(28-2)31-21/h4-9,11-13H,10,14H2,1-3H3,(H,29,34)(H,28,30,31)/b5-4+. The summed E-state index contributed by atoms with van der Waals surface area (Å²) in [6.45, 7) is 1.87. The Morgan fingerprint density at radius 2 is 1.94 bits per heavy atom. The van der Waals surface area contributed by atoms with Crippen LogP contribution in [0.4, 0.5) is 14.7 Å². The van der Waals surface area contributed by atoms with Crippen LogP contribution >= 0.6 is 0 Å². The van der Waals surface area contributed by atoms with E-state index in [2.05, 4.69) is 20.6 Å². The maximum absolute atomic E-state index is 13.6. The van der Waals surface area contributed by atoms with E-state index in [1.807, 2.05) is 24.3 Å². The minimum atomic E-state index is -0.993. The van der Waals surface area contributed by atoms with Crippen molar-refractivity contribution in [3.05, 3.63) is 93.0 Å². The molecule has 2 aromatic heterocycles. The number of amides is 1. The Hall–Kier alpha value is -4.34. The SMILES string of the molecule is CNc1ncc2cc(/C=C/CNC(=O)c3c(C)n(C)n(Cc4ccc(F)c(F)c4)c3=O)ccc2n1. The van der Waals surface area contributed by atoms with Gasteiger partial charge >= 0.3 is 0 Å². The number of halogens is 2. The Kier molecular flexibility index (Phi) is 6.72. The molecule has 1 amide bonds. The summed E-state index contributed by atoms with van der Waals surface area (Å²) in [4.78, 5) is 34.2. The summed E-state index contributed by atoms with van der Waals surface area (Å²) in [5.41, 5.74) is 2.10. The van der Waals surface area contributed by atoms with Gasteiger partial charge in [-0.05, 0) is 42.3 Å². The van der Waals surface area contributed by atoms with Gasteiger partial charge in [0.15, 0.2) is 11.6 Å². The van der Waals surface area contributed by atoms with Gasteiger partial charge in [-0.2, -0.15) is 0 Å². The fourth-order valence-corrected chi connectivity index (χ4v) is 3.72. The number of nitrogens with zero attached hydrogens (tertiary/aromatic N) is 4. The van der Waals surface area contributed by atoms with Gasteiger partial charge in [-0.25, -0.2) is 23.4 Å². The van der Waals surface area contributed by atoms with E-state index >= 15 is 0 Å². The van der Waals surface area contributed by atoms with Crippen molar-refractivity contribution in [2.75, 3.05) is 18.9 Å². The van der Waals surface area contributed by atoms with Crippen LogP contribution in [0.25, 0.3) is 17.0 Å². The van der Waals surface area contributed by atoms with Gasteiger partial charge in [0.1, 0.15) is 5.56 Å². The highest BCUT2D eigenvalue weighted by Crippen LogP contribution is 2.16. The topological polar surface area (TPSA) is 93.8 Å². The van der Waals surface area contributed by atoms with E-state index in [0.29, 0.717) is 17.2 Å². The van der Waals surface area contributed by atoms with Crippen molar-refractivity contribution in [2.45, 2.75) is 13.5 Å². The van der Waals surface area contributed by atoms with Gasteiger partial charge < -0.3 is 10.6 Å². The van der Waals surface area contributed by atoms with Gasteiger partial charge in [0.25, 0.3) is 11.5 Å². The molecule has 0 atom stereocenters. The van der Waals surface area contributed by atoms with Gasteiger partial charge in [0.05, 0.1) is 12.1 Å². The summed E-state index contributed by atoms with van der Waals surface area (Å²) in [6.07, 6.45) is 5.36. The molecule has 2 heterocycles. The van der Waals surface area contributed by atoms with Gasteiger partial charge in [-0.15, -0.1) is 0 Å². The van der Waals surface area contributed by atoms with Crippen LogP contribution in [0.5, 0.6) is 0 Å². The summed E-state index contributed by atoms with van der Waals surface area (Å²) in [5, 5.41) is 6.51. The van der Waals surface area contributed by atoms with Crippen LogP contribution in [0.15, 0.2) is 53.5 Å². The van der Waals surface area contributed by atoms with Crippen LogP contribution in [0.2, 0.25) is 0 Å². The highest BCUT2D eigenvalue weighted by Gasteiger charge is 2.21. The van der Waals surface area contributed by atoms with Crippen molar-refractivity contribution in [2.24, 2.45) is 7.05 Å². The number of benzene rings is 2. The second kappa shape index (κ2) is 9.88. The first kappa shape index (κ1) is 23.8. The molecule has 0 unspecified atom stereocenters. The van der Waals surface area contributed by atoms with Crippen LogP contribution < -0.4 is 16.2 Å². The number of hydrogen-bond acceptors (Lipinski definition) is 5. The molecule has 10 heteroatoms. The molecule has 0 aliphatic heterocycles. The van der Waals surface area contributed by atoms with Crippen molar-refractivity contribution in [1.82, 2.24) is 24.6 Å².